The van der Waals surface area contributed by atoms with Gasteiger partial charge in [-0.2, -0.15) is 0 Å². The van der Waals surface area contributed by atoms with Gasteiger partial charge in [0.15, 0.2) is 0 Å². The van der Waals surface area contributed by atoms with Crippen LogP contribution in [0.15, 0.2) is 24.3 Å². The Kier molecular flexibility index (Phi) is 2.96. The number of carbonyl (C=O) groups excluding carboxylic acids is 1. The summed E-state index contributed by atoms with van der Waals surface area (Å²) in [5.74, 6) is -2.87. The van der Waals surface area contributed by atoms with E-state index < -0.39 is 17.8 Å². The smallest absolute Gasteiger partial charge is 0.307 e. The van der Waals surface area contributed by atoms with E-state index in [0.29, 0.717) is 0 Å². The Labute approximate surface area is 98.3 Å². The van der Waals surface area contributed by atoms with Crippen LogP contribution >= 0.6 is 0 Å². The molecule has 3 unspecified atom stereocenters. The molecule has 0 heterocycles. The van der Waals surface area contributed by atoms with Gasteiger partial charge in [-0.15, -0.1) is 0 Å². The number of carboxylic acid groups (broad SMARTS) is 1. The fraction of sp³-hybridized carbons (Fsp3) is 0.385. The van der Waals surface area contributed by atoms with Crippen LogP contribution in [0.5, 0.6) is 0 Å². The lowest BCUT2D eigenvalue weighted by Gasteiger charge is -2.17. The summed E-state index contributed by atoms with van der Waals surface area (Å²) < 4.78 is 12.8. The number of halogens is 1. The van der Waals surface area contributed by atoms with Crippen molar-refractivity contribution in [3.8, 4) is 0 Å². The summed E-state index contributed by atoms with van der Waals surface area (Å²) in [5, 5.41) is 9.16. The van der Waals surface area contributed by atoms with Gasteiger partial charge in [-0.25, -0.2) is 4.39 Å². The van der Waals surface area contributed by atoms with Gasteiger partial charge in [0.1, 0.15) is 11.6 Å². The summed E-state index contributed by atoms with van der Waals surface area (Å²) >= 11 is 0. The molecule has 1 aromatic rings. The number of benzene rings is 1. The first-order valence-electron chi connectivity index (χ1n) is 5.51. The molecule has 17 heavy (non-hydrogen) atoms. The van der Waals surface area contributed by atoms with Crippen LogP contribution in [0, 0.1) is 17.7 Å². The standard InChI is InChI=1S/C13H13FO3/c1-7-11(15)6-10(12(7)13(16)17)8-2-4-9(14)5-3-8/h2-5,7,10,12H,6H2,1H3,(H,16,17). The molecule has 3 nitrogen and oxygen atoms in total. The molecular formula is C13H13FO3. The van der Waals surface area contributed by atoms with Crippen molar-refractivity contribution in [2.45, 2.75) is 19.3 Å². The summed E-state index contributed by atoms with van der Waals surface area (Å²) in [5.41, 5.74) is 0.719. The topological polar surface area (TPSA) is 54.4 Å². The molecule has 1 saturated carbocycles. The average molecular weight is 236 g/mol. The largest absolute Gasteiger partial charge is 0.481 e. The van der Waals surface area contributed by atoms with E-state index in [-0.39, 0.29) is 23.9 Å². The summed E-state index contributed by atoms with van der Waals surface area (Å²) in [6.07, 6.45) is 0.226. The third-order valence-corrected chi connectivity index (χ3v) is 3.48. The number of aliphatic carboxylic acids is 1. The molecule has 1 aliphatic carbocycles. The molecule has 90 valence electrons. The molecule has 1 aromatic carbocycles. The van der Waals surface area contributed by atoms with Crippen LogP contribution in [0.2, 0.25) is 0 Å². The highest BCUT2D eigenvalue weighted by Gasteiger charge is 2.44. The predicted octanol–water partition coefficient (Wildman–Crippen LogP) is 2.22. The van der Waals surface area contributed by atoms with Gasteiger partial charge in [-0.1, -0.05) is 19.1 Å². The third kappa shape index (κ3) is 2.07. The summed E-state index contributed by atoms with van der Waals surface area (Å²) in [7, 11) is 0. The van der Waals surface area contributed by atoms with E-state index in [0.717, 1.165) is 5.56 Å². The molecular weight excluding hydrogens is 223 g/mol. The average Bonchev–Trinajstić information content (AvgIpc) is 2.56. The van der Waals surface area contributed by atoms with E-state index in [1.165, 1.54) is 12.1 Å². The van der Waals surface area contributed by atoms with Crippen molar-refractivity contribution < 1.29 is 19.1 Å². The minimum absolute atomic E-state index is 0.0354. The molecule has 0 aliphatic heterocycles. The Morgan fingerprint density at radius 2 is 1.94 bits per heavy atom. The second-order valence-electron chi connectivity index (χ2n) is 4.48. The molecule has 4 heteroatoms. The number of Topliss-reactive ketones (excluding diaryl/α,β-unsaturated/α-hetero) is 1. The second-order valence-corrected chi connectivity index (χ2v) is 4.48. The van der Waals surface area contributed by atoms with Crippen molar-refractivity contribution in [2.75, 3.05) is 0 Å². The molecule has 0 amide bonds. The van der Waals surface area contributed by atoms with Gasteiger partial charge in [0.25, 0.3) is 0 Å². The van der Waals surface area contributed by atoms with E-state index in [1.807, 2.05) is 0 Å². The van der Waals surface area contributed by atoms with Crippen molar-refractivity contribution in [2.24, 2.45) is 11.8 Å². The molecule has 1 N–H and O–H groups in total. The fourth-order valence-electron chi connectivity index (χ4n) is 2.50. The molecule has 0 radical (unpaired) electrons. The zero-order chi connectivity index (χ0) is 12.6. The van der Waals surface area contributed by atoms with E-state index in [2.05, 4.69) is 0 Å². The van der Waals surface area contributed by atoms with Crippen molar-refractivity contribution in [1.29, 1.82) is 0 Å². The molecule has 3 atom stereocenters. The quantitative estimate of drug-likeness (QED) is 0.856. The van der Waals surface area contributed by atoms with Crippen LogP contribution in [0.1, 0.15) is 24.8 Å². The van der Waals surface area contributed by atoms with Crippen LogP contribution in [-0.4, -0.2) is 16.9 Å². The highest BCUT2D eigenvalue weighted by atomic mass is 19.1. The first kappa shape index (κ1) is 11.8. The molecule has 2 rings (SSSR count). The van der Waals surface area contributed by atoms with E-state index in [4.69, 9.17) is 5.11 Å². The Bertz CT molecular complexity index is 452. The number of hydrogen-bond acceptors (Lipinski definition) is 2. The maximum absolute atomic E-state index is 12.8. The Morgan fingerprint density at radius 3 is 2.47 bits per heavy atom. The summed E-state index contributed by atoms with van der Waals surface area (Å²) in [6, 6.07) is 5.70. The van der Waals surface area contributed by atoms with E-state index in [9.17, 15) is 14.0 Å². The van der Waals surface area contributed by atoms with Crippen molar-refractivity contribution in [1.82, 2.24) is 0 Å². The SMILES string of the molecule is CC1C(=O)CC(c2ccc(F)cc2)C1C(=O)O. The van der Waals surface area contributed by atoms with Crippen LogP contribution in [0.4, 0.5) is 4.39 Å². The minimum Gasteiger partial charge on any atom is -0.481 e. The van der Waals surface area contributed by atoms with Gasteiger partial charge < -0.3 is 5.11 Å². The Balaban J connectivity index is 2.34. The van der Waals surface area contributed by atoms with E-state index in [1.54, 1.807) is 19.1 Å². The molecule has 0 spiro atoms. The van der Waals surface area contributed by atoms with Gasteiger partial charge >= 0.3 is 5.97 Å². The Hall–Kier alpha value is -1.71. The lowest BCUT2D eigenvalue weighted by atomic mass is 9.85. The molecule has 0 bridgehead atoms. The van der Waals surface area contributed by atoms with Crippen LogP contribution in [0.3, 0.4) is 0 Å². The van der Waals surface area contributed by atoms with Gasteiger partial charge in [0.2, 0.25) is 0 Å². The van der Waals surface area contributed by atoms with Crippen molar-refractivity contribution in [3.63, 3.8) is 0 Å². The highest BCUT2D eigenvalue weighted by Crippen LogP contribution is 2.41. The number of hydrogen-bond donors (Lipinski definition) is 1. The monoisotopic (exact) mass is 236 g/mol. The van der Waals surface area contributed by atoms with Gasteiger partial charge in [0, 0.05) is 18.3 Å². The fourth-order valence-corrected chi connectivity index (χ4v) is 2.50. The lowest BCUT2D eigenvalue weighted by Crippen LogP contribution is -2.23. The van der Waals surface area contributed by atoms with Crippen molar-refractivity contribution in [3.05, 3.63) is 35.6 Å². The summed E-state index contributed by atoms with van der Waals surface area (Å²) in [4.78, 5) is 22.8. The maximum Gasteiger partial charge on any atom is 0.307 e. The third-order valence-electron chi connectivity index (χ3n) is 3.48. The van der Waals surface area contributed by atoms with E-state index >= 15 is 0 Å². The van der Waals surface area contributed by atoms with Gasteiger partial charge in [-0.05, 0) is 17.7 Å². The molecule has 1 aliphatic rings. The summed E-state index contributed by atoms with van der Waals surface area (Å²) in [6.45, 7) is 1.64. The Morgan fingerprint density at radius 1 is 1.35 bits per heavy atom. The molecule has 0 saturated heterocycles. The molecule has 0 aromatic heterocycles. The first-order chi connectivity index (χ1) is 8.00. The molecule has 1 fully saturated rings. The lowest BCUT2D eigenvalue weighted by molar-refractivity contribution is -0.144. The number of ketones is 1. The van der Waals surface area contributed by atoms with Gasteiger partial charge in [-0.3, -0.25) is 9.59 Å². The van der Waals surface area contributed by atoms with Crippen LogP contribution < -0.4 is 0 Å². The predicted molar refractivity (Wildman–Crippen MR) is 59.1 cm³/mol. The van der Waals surface area contributed by atoms with Crippen LogP contribution in [-0.2, 0) is 9.59 Å². The van der Waals surface area contributed by atoms with Crippen LogP contribution in [0.25, 0.3) is 0 Å². The number of carbonyl (C=O) groups is 2. The van der Waals surface area contributed by atoms with Crippen molar-refractivity contribution >= 4 is 11.8 Å². The number of rotatable bonds is 2. The minimum atomic E-state index is -0.960. The second kappa shape index (κ2) is 4.28. The first-order valence-corrected chi connectivity index (χ1v) is 5.51. The maximum atomic E-state index is 12.8. The normalized spacial score (nSPS) is 28.4. The van der Waals surface area contributed by atoms with Gasteiger partial charge in [0.05, 0.1) is 5.92 Å². The number of carboxylic acids is 1. The zero-order valence-electron chi connectivity index (χ0n) is 9.39. The highest BCUT2D eigenvalue weighted by molar-refractivity contribution is 5.91. The zero-order valence-corrected chi connectivity index (χ0v) is 9.39.